The first-order valence-electron chi connectivity index (χ1n) is 10.6. The van der Waals surface area contributed by atoms with Gasteiger partial charge in [-0.15, -0.1) is 21.5 Å². The van der Waals surface area contributed by atoms with Crippen molar-refractivity contribution in [2.45, 2.75) is 32.5 Å². The zero-order valence-corrected chi connectivity index (χ0v) is 20.9. The maximum atomic E-state index is 12.8. The number of rotatable bonds is 8. The highest BCUT2D eigenvalue weighted by Crippen LogP contribution is 2.36. The number of carbonyl (C=O) groups is 2. The smallest absolute Gasteiger partial charge is 0.341 e. The van der Waals surface area contributed by atoms with Crippen LogP contribution in [0.3, 0.4) is 0 Å². The molecule has 4 rings (SSSR count). The molecule has 0 spiro atoms. The summed E-state index contributed by atoms with van der Waals surface area (Å²) in [7, 11) is 1.33. The van der Waals surface area contributed by atoms with Gasteiger partial charge in [0.2, 0.25) is 5.91 Å². The van der Waals surface area contributed by atoms with Gasteiger partial charge in [0.25, 0.3) is 0 Å². The topological polar surface area (TPSA) is 99.2 Å². The van der Waals surface area contributed by atoms with Crippen LogP contribution in [-0.2, 0) is 16.1 Å². The first kappa shape index (κ1) is 23.8. The zero-order valence-electron chi connectivity index (χ0n) is 19.2. The number of benzene rings is 1. The van der Waals surface area contributed by atoms with Crippen LogP contribution in [0.2, 0.25) is 0 Å². The monoisotopic (exact) mass is 496 g/mol. The second-order valence-electron chi connectivity index (χ2n) is 7.49. The largest absolute Gasteiger partial charge is 0.469 e. The lowest BCUT2D eigenvalue weighted by Crippen LogP contribution is -2.16. The van der Waals surface area contributed by atoms with Crippen LogP contribution in [0.15, 0.2) is 51.5 Å². The summed E-state index contributed by atoms with van der Waals surface area (Å²) in [5.74, 6) is 0.824. The molecule has 0 aliphatic rings. The van der Waals surface area contributed by atoms with Crippen molar-refractivity contribution in [1.29, 1.82) is 0 Å². The summed E-state index contributed by atoms with van der Waals surface area (Å²) in [4.78, 5) is 25.3. The first-order chi connectivity index (χ1) is 16.4. The predicted octanol–water partition coefficient (Wildman–Crippen LogP) is 5.42. The molecule has 10 heteroatoms. The maximum Gasteiger partial charge on any atom is 0.341 e. The lowest BCUT2D eigenvalue weighted by atomic mass is 10.0. The van der Waals surface area contributed by atoms with Crippen molar-refractivity contribution in [3.05, 3.63) is 58.9 Å². The van der Waals surface area contributed by atoms with Gasteiger partial charge >= 0.3 is 5.97 Å². The summed E-state index contributed by atoms with van der Waals surface area (Å²) >= 11 is 2.58. The van der Waals surface area contributed by atoms with Crippen LogP contribution in [0.1, 0.15) is 28.6 Å². The standard InChI is InChI=1S/C24H24N4O4S2/c1-5-28-21(17-10-11-32-15(17)3)26-27-24(28)34-13-19(29)25-22-20(23(30)31-4)18(12-33-22)16-8-6-14(2)7-9-16/h6-12H,5,13H2,1-4H3,(H,25,29). The Morgan fingerprint density at radius 3 is 2.56 bits per heavy atom. The fourth-order valence-electron chi connectivity index (χ4n) is 3.49. The van der Waals surface area contributed by atoms with Crippen molar-refractivity contribution in [2.24, 2.45) is 0 Å². The second kappa shape index (κ2) is 10.3. The molecule has 1 aromatic carbocycles. The maximum absolute atomic E-state index is 12.8. The van der Waals surface area contributed by atoms with E-state index in [4.69, 9.17) is 9.15 Å². The number of nitrogens with one attached hydrogen (secondary N) is 1. The number of nitrogens with zero attached hydrogens (tertiary/aromatic N) is 3. The molecule has 34 heavy (non-hydrogen) atoms. The van der Waals surface area contributed by atoms with Gasteiger partial charge in [-0.1, -0.05) is 41.6 Å². The molecule has 0 unspecified atom stereocenters. The summed E-state index contributed by atoms with van der Waals surface area (Å²) in [5.41, 5.74) is 3.95. The summed E-state index contributed by atoms with van der Waals surface area (Å²) in [6, 6.07) is 9.70. The van der Waals surface area contributed by atoms with Crippen LogP contribution in [0.25, 0.3) is 22.5 Å². The van der Waals surface area contributed by atoms with Gasteiger partial charge in [-0.3, -0.25) is 4.79 Å². The van der Waals surface area contributed by atoms with Gasteiger partial charge in [0.1, 0.15) is 16.3 Å². The summed E-state index contributed by atoms with van der Waals surface area (Å²) in [6.07, 6.45) is 1.62. The third-order valence-electron chi connectivity index (χ3n) is 5.26. The SMILES string of the molecule is CCn1c(SCC(=O)Nc2scc(-c3ccc(C)cc3)c2C(=O)OC)nnc1-c1ccoc1C. The van der Waals surface area contributed by atoms with E-state index in [9.17, 15) is 9.59 Å². The van der Waals surface area contributed by atoms with E-state index in [1.807, 2.05) is 61.1 Å². The molecule has 0 atom stereocenters. The fraction of sp³-hybridized carbons (Fsp3) is 0.250. The molecule has 8 nitrogen and oxygen atoms in total. The number of aryl methyl sites for hydroxylation is 2. The van der Waals surface area contributed by atoms with Crippen molar-refractivity contribution in [2.75, 3.05) is 18.2 Å². The molecule has 0 saturated heterocycles. The molecule has 0 radical (unpaired) electrons. The van der Waals surface area contributed by atoms with Gasteiger partial charge < -0.3 is 19.0 Å². The lowest BCUT2D eigenvalue weighted by molar-refractivity contribution is -0.113. The van der Waals surface area contributed by atoms with Crippen molar-refractivity contribution in [3.8, 4) is 22.5 Å². The van der Waals surface area contributed by atoms with Crippen LogP contribution < -0.4 is 5.32 Å². The average molecular weight is 497 g/mol. The number of thioether (sulfide) groups is 1. The minimum atomic E-state index is -0.495. The molecule has 3 heterocycles. The lowest BCUT2D eigenvalue weighted by Gasteiger charge is -2.09. The molecule has 4 aromatic rings. The van der Waals surface area contributed by atoms with E-state index in [-0.39, 0.29) is 11.7 Å². The number of thiophene rings is 1. The van der Waals surface area contributed by atoms with Crippen molar-refractivity contribution >= 4 is 40.0 Å². The number of amides is 1. The normalized spacial score (nSPS) is 10.9. The Kier molecular flexibility index (Phi) is 7.18. The van der Waals surface area contributed by atoms with Crippen LogP contribution in [-0.4, -0.2) is 39.5 Å². The Hall–Kier alpha value is -3.37. The summed E-state index contributed by atoms with van der Waals surface area (Å²) < 4.78 is 12.3. The van der Waals surface area contributed by atoms with E-state index < -0.39 is 5.97 Å². The molecule has 176 valence electrons. The Bertz CT molecular complexity index is 1320. The molecule has 0 saturated carbocycles. The molecule has 3 aromatic heterocycles. The number of esters is 1. The van der Waals surface area contributed by atoms with Gasteiger partial charge in [0, 0.05) is 17.5 Å². The van der Waals surface area contributed by atoms with Crippen molar-refractivity contribution in [1.82, 2.24) is 14.8 Å². The van der Waals surface area contributed by atoms with Gasteiger partial charge in [0.05, 0.1) is 24.7 Å². The quantitative estimate of drug-likeness (QED) is 0.257. The number of anilines is 1. The van der Waals surface area contributed by atoms with E-state index in [0.717, 1.165) is 28.0 Å². The number of ether oxygens (including phenoxy) is 1. The van der Waals surface area contributed by atoms with Gasteiger partial charge in [-0.05, 0) is 32.4 Å². The van der Waals surface area contributed by atoms with Crippen LogP contribution in [0.4, 0.5) is 5.00 Å². The molecule has 0 bridgehead atoms. The number of methoxy groups -OCH3 is 1. The highest BCUT2D eigenvalue weighted by atomic mass is 32.2. The second-order valence-corrected chi connectivity index (χ2v) is 9.31. The Morgan fingerprint density at radius 1 is 1.15 bits per heavy atom. The molecular formula is C24H24N4O4S2. The Balaban J connectivity index is 1.51. The van der Waals surface area contributed by atoms with Gasteiger partial charge in [-0.2, -0.15) is 0 Å². The fourth-order valence-corrected chi connectivity index (χ4v) is 5.27. The molecule has 1 N–H and O–H groups in total. The van der Waals surface area contributed by atoms with E-state index in [1.165, 1.54) is 30.2 Å². The van der Waals surface area contributed by atoms with E-state index in [0.29, 0.717) is 28.1 Å². The molecule has 0 fully saturated rings. The number of hydrogen-bond acceptors (Lipinski definition) is 8. The van der Waals surface area contributed by atoms with Crippen LogP contribution >= 0.6 is 23.1 Å². The van der Waals surface area contributed by atoms with Gasteiger partial charge in [0.15, 0.2) is 11.0 Å². The predicted molar refractivity (Wildman–Crippen MR) is 133 cm³/mol. The minimum absolute atomic E-state index is 0.112. The number of furan rings is 1. The van der Waals surface area contributed by atoms with Crippen molar-refractivity contribution in [3.63, 3.8) is 0 Å². The summed E-state index contributed by atoms with van der Waals surface area (Å²) in [5, 5.41) is 14.3. The highest BCUT2D eigenvalue weighted by Gasteiger charge is 2.23. The van der Waals surface area contributed by atoms with Crippen LogP contribution in [0.5, 0.6) is 0 Å². The Morgan fingerprint density at radius 2 is 1.91 bits per heavy atom. The van der Waals surface area contributed by atoms with E-state index in [1.54, 1.807) is 6.26 Å². The third-order valence-corrected chi connectivity index (χ3v) is 7.12. The number of carbonyl (C=O) groups excluding carboxylic acids is 2. The molecule has 0 aliphatic heterocycles. The van der Waals surface area contributed by atoms with Crippen LogP contribution in [0, 0.1) is 13.8 Å². The third kappa shape index (κ3) is 4.78. The number of hydrogen-bond donors (Lipinski definition) is 1. The summed E-state index contributed by atoms with van der Waals surface area (Å²) in [6.45, 7) is 6.51. The van der Waals surface area contributed by atoms with E-state index >= 15 is 0 Å². The average Bonchev–Trinajstić information content (AvgIpc) is 3.55. The zero-order chi connectivity index (χ0) is 24.2. The Labute approximate surface area is 205 Å². The highest BCUT2D eigenvalue weighted by molar-refractivity contribution is 7.99. The number of aromatic nitrogens is 3. The van der Waals surface area contributed by atoms with Crippen molar-refractivity contribution < 1.29 is 18.7 Å². The first-order valence-corrected chi connectivity index (χ1v) is 12.5. The molecule has 1 amide bonds. The van der Waals surface area contributed by atoms with Gasteiger partial charge in [-0.25, -0.2) is 4.79 Å². The van der Waals surface area contributed by atoms with E-state index in [2.05, 4.69) is 15.5 Å². The minimum Gasteiger partial charge on any atom is -0.469 e. The molecule has 0 aliphatic carbocycles. The molecular weight excluding hydrogens is 472 g/mol.